The Labute approximate surface area is 337 Å². The monoisotopic (exact) mass is 822 g/mol. The highest BCUT2D eigenvalue weighted by atomic mass is 16.6. The van der Waals surface area contributed by atoms with Crippen LogP contribution in [0.3, 0.4) is 0 Å². The van der Waals surface area contributed by atoms with Gasteiger partial charge in [-0.3, -0.25) is 0 Å². The molecule has 0 amide bonds. The van der Waals surface area contributed by atoms with Gasteiger partial charge in [-0.2, -0.15) is 0 Å². The fraction of sp³-hybridized carbons (Fsp3) is 0.538. The van der Waals surface area contributed by atoms with Crippen LogP contribution in [0.1, 0.15) is 34.6 Å². The van der Waals surface area contributed by atoms with Gasteiger partial charge in [0.1, 0.15) is 39.6 Å². The maximum atomic E-state index is 10.7. The van der Waals surface area contributed by atoms with Crippen LogP contribution < -0.4 is 0 Å². The maximum absolute atomic E-state index is 10.7. The molecule has 0 heterocycles. The minimum absolute atomic E-state index is 0.0465. The van der Waals surface area contributed by atoms with Gasteiger partial charge in [0.15, 0.2) is 0 Å². The van der Waals surface area contributed by atoms with E-state index in [0.717, 1.165) is 18.2 Å². The summed E-state index contributed by atoms with van der Waals surface area (Å²) in [7, 11) is 3.09. The summed E-state index contributed by atoms with van der Waals surface area (Å²) < 4.78 is 46.5. The molecule has 0 saturated heterocycles. The van der Waals surface area contributed by atoms with Gasteiger partial charge in [0.05, 0.1) is 39.6 Å². The van der Waals surface area contributed by atoms with Crippen LogP contribution in [0, 0.1) is 0 Å². The van der Waals surface area contributed by atoms with Crippen molar-refractivity contribution in [2.75, 3.05) is 107 Å². The molecule has 0 aliphatic rings. The number of esters is 6. The van der Waals surface area contributed by atoms with E-state index in [2.05, 4.69) is 72.6 Å². The molecule has 0 aromatic rings. The molecule has 0 aromatic heterocycles. The summed E-state index contributed by atoms with van der Waals surface area (Å²) in [5, 5.41) is 16.3. The highest BCUT2D eigenvalue weighted by molar-refractivity contribution is 5.87. The second kappa shape index (κ2) is 53.1. The predicted octanol–water partition coefficient (Wildman–Crippen LogP) is 2.81. The topological polar surface area (TPSA) is 235 Å². The maximum Gasteiger partial charge on any atom is 0.333 e. The third-order valence-electron chi connectivity index (χ3n) is 4.60. The molecule has 57 heavy (non-hydrogen) atoms. The molecule has 0 saturated carbocycles. The summed E-state index contributed by atoms with van der Waals surface area (Å²) in [6.07, 6.45) is 3.30. The van der Waals surface area contributed by atoms with Crippen LogP contribution in [-0.4, -0.2) is 153 Å². The molecule has 0 bridgehead atoms. The van der Waals surface area contributed by atoms with Crippen molar-refractivity contribution < 1.29 is 86.3 Å². The first-order chi connectivity index (χ1) is 27.0. The van der Waals surface area contributed by atoms with E-state index in [1.807, 2.05) is 13.8 Å². The predicted molar refractivity (Wildman–Crippen MR) is 212 cm³/mol. The lowest BCUT2D eigenvalue weighted by atomic mass is 10.4. The van der Waals surface area contributed by atoms with Gasteiger partial charge >= 0.3 is 35.8 Å². The zero-order valence-electron chi connectivity index (χ0n) is 34.8. The molecule has 0 rings (SSSR count). The lowest BCUT2D eigenvalue weighted by Gasteiger charge is -2.03. The average molecular weight is 823 g/mol. The standard InChI is InChI=1S/C8H14O3.2C7H12O3.2C6H10O3.C5H8O3/c1-4-10-5-6-11-8(9)7(2)3;1-6(2)7(8)10-5-4-9-3;1-3-7(8)10-6-5-9-4-2;1-5(2)6(8)9-4-3-7;1-3-6(7)9-5-4-8-2;1-2-5(7)8-4-3-6/h2,4-6H2,1,3H3;1,4-5H2,2-3H3;3H,1,4-6H2,2H3;7H,1,3-4H2,2H3;3H,1,4-5H2,2H3;2,6H,1,3-4H2. The van der Waals surface area contributed by atoms with Crippen LogP contribution in [0.4, 0.5) is 0 Å². The van der Waals surface area contributed by atoms with Crippen LogP contribution in [0.5, 0.6) is 0 Å². The van der Waals surface area contributed by atoms with E-state index < -0.39 is 23.9 Å². The Kier molecular flexibility index (Phi) is 59.6. The van der Waals surface area contributed by atoms with Crippen molar-refractivity contribution in [3.05, 3.63) is 74.4 Å². The lowest BCUT2D eigenvalue weighted by molar-refractivity contribution is -0.141. The normalized spacial score (nSPS) is 8.79. The molecule has 0 fully saturated rings. The van der Waals surface area contributed by atoms with E-state index >= 15 is 0 Å². The van der Waals surface area contributed by atoms with Gasteiger partial charge in [-0.05, 0) is 34.6 Å². The molecule has 18 heteroatoms. The molecule has 0 radical (unpaired) electrons. The fourth-order valence-electron chi connectivity index (χ4n) is 1.96. The third-order valence-corrected chi connectivity index (χ3v) is 4.60. The van der Waals surface area contributed by atoms with E-state index in [4.69, 9.17) is 24.4 Å². The van der Waals surface area contributed by atoms with Crippen LogP contribution in [0.25, 0.3) is 0 Å². The van der Waals surface area contributed by atoms with Crippen molar-refractivity contribution >= 4 is 35.8 Å². The Morgan fingerprint density at radius 2 is 0.684 bits per heavy atom. The molecule has 0 aromatic carbocycles. The third kappa shape index (κ3) is 66.2. The first-order valence-corrected chi connectivity index (χ1v) is 17.2. The van der Waals surface area contributed by atoms with Gasteiger partial charge in [-0.25, -0.2) is 28.8 Å². The summed E-state index contributed by atoms with van der Waals surface area (Å²) in [6, 6.07) is 0. The second-order valence-corrected chi connectivity index (χ2v) is 9.69. The average Bonchev–Trinajstić information content (AvgIpc) is 3.20. The quantitative estimate of drug-likeness (QED) is 0.0616. The number of methoxy groups -OCH3 is 2. The number of hydrogen-bond acceptors (Lipinski definition) is 18. The minimum Gasteiger partial charge on any atom is -0.460 e. The number of hydrogen-bond donors (Lipinski definition) is 2. The van der Waals surface area contributed by atoms with Crippen molar-refractivity contribution in [1.82, 2.24) is 0 Å². The highest BCUT2D eigenvalue weighted by Crippen LogP contribution is 1.92. The molecule has 0 aliphatic carbocycles. The Balaban J connectivity index is -0.000000137. The van der Waals surface area contributed by atoms with E-state index in [1.165, 1.54) is 0 Å². The molecule has 0 spiro atoms. The van der Waals surface area contributed by atoms with Gasteiger partial charge in [0, 0.05) is 62.4 Å². The first-order valence-electron chi connectivity index (χ1n) is 17.2. The highest BCUT2D eigenvalue weighted by Gasteiger charge is 2.02. The number of carbonyl (C=O) groups excluding carboxylic acids is 6. The van der Waals surface area contributed by atoms with Crippen molar-refractivity contribution in [3.63, 3.8) is 0 Å². The molecular weight excluding hydrogens is 756 g/mol. The van der Waals surface area contributed by atoms with E-state index in [1.54, 1.807) is 35.0 Å². The van der Waals surface area contributed by atoms with Gasteiger partial charge < -0.3 is 57.6 Å². The van der Waals surface area contributed by atoms with Crippen molar-refractivity contribution in [3.8, 4) is 0 Å². The van der Waals surface area contributed by atoms with Crippen molar-refractivity contribution in [1.29, 1.82) is 0 Å². The van der Waals surface area contributed by atoms with Crippen LogP contribution >= 0.6 is 0 Å². The fourth-order valence-corrected chi connectivity index (χ4v) is 1.96. The SMILES string of the molecule is C=C(C)C(=O)OCCO.C=C(C)C(=O)OCCOC.C=C(C)C(=O)OCCOCC.C=CC(=O)OCCO.C=CC(=O)OCCOC.C=CC(=O)OCCOCC. The second-order valence-electron chi connectivity index (χ2n) is 9.69. The number of aliphatic hydroxyl groups excluding tert-OH is 2. The molecule has 0 unspecified atom stereocenters. The van der Waals surface area contributed by atoms with E-state index in [0.29, 0.717) is 82.8 Å². The molecular formula is C39H66O18. The summed E-state index contributed by atoms with van der Waals surface area (Å²) in [4.78, 5) is 62.6. The molecule has 0 atom stereocenters. The first kappa shape index (κ1) is 63.9. The van der Waals surface area contributed by atoms with E-state index in [9.17, 15) is 28.8 Å². The molecule has 2 N–H and O–H groups in total. The zero-order valence-corrected chi connectivity index (χ0v) is 34.8. The van der Waals surface area contributed by atoms with Crippen molar-refractivity contribution in [2.45, 2.75) is 34.6 Å². The smallest absolute Gasteiger partial charge is 0.333 e. The van der Waals surface area contributed by atoms with Crippen LogP contribution in [0.15, 0.2) is 74.4 Å². The Morgan fingerprint density at radius 1 is 0.439 bits per heavy atom. The minimum atomic E-state index is -0.501. The summed E-state index contributed by atoms with van der Waals surface area (Å²) in [5.74, 6) is -2.49. The molecule has 0 aliphatic heterocycles. The van der Waals surface area contributed by atoms with Gasteiger partial charge in [0.25, 0.3) is 0 Å². The Morgan fingerprint density at radius 3 is 0.947 bits per heavy atom. The largest absolute Gasteiger partial charge is 0.460 e. The van der Waals surface area contributed by atoms with Crippen LogP contribution in [0.2, 0.25) is 0 Å². The van der Waals surface area contributed by atoms with E-state index in [-0.39, 0.29) is 38.4 Å². The Hall–Kier alpha value is -4.98. The van der Waals surface area contributed by atoms with Crippen LogP contribution in [-0.2, 0) is 76.1 Å². The van der Waals surface area contributed by atoms with Gasteiger partial charge in [-0.15, -0.1) is 0 Å². The summed E-state index contributed by atoms with van der Waals surface area (Å²) in [6.45, 7) is 32.5. The summed E-state index contributed by atoms with van der Waals surface area (Å²) in [5.41, 5.74) is 1.18. The van der Waals surface area contributed by atoms with Gasteiger partial charge in [0.2, 0.25) is 0 Å². The lowest BCUT2D eigenvalue weighted by Crippen LogP contribution is -2.10. The zero-order chi connectivity index (χ0) is 45.3. The molecule has 18 nitrogen and oxygen atoms in total. The van der Waals surface area contributed by atoms with Gasteiger partial charge in [-0.1, -0.05) is 39.5 Å². The van der Waals surface area contributed by atoms with Crippen molar-refractivity contribution in [2.24, 2.45) is 0 Å². The molecule has 330 valence electrons. The number of carbonyl (C=O) groups is 6. The number of rotatable bonds is 24. The number of aliphatic hydroxyl groups is 2. The Bertz CT molecular complexity index is 1130. The number of ether oxygens (including phenoxy) is 10. The summed E-state index contributed by atoms with van der Waals surface area (Å²) >= 11 is 0.